The van der Waals surface area contributed by atoms with Crippen LogP contribution in [0.25, 0.3) is 0 Å². The quantitative estimate of drug-likeness (QED) is 0.595. The van der Waals surface area contributed by atoms with E-state index in [1.54, 1.807) is 27.7 Å². The summed E-state index contributed by atoms with van der Waals surface area (Å²) in [4.78, 5) is 10.6. The van der Waals surface area contributed by atoms with Gasteiger partial charge in [0.05, 0.1) is 17.1 Å². The molecule has 0 bridgehead atoms. The number of carbonyl (C=O) groups is 1. The van der Waals surface area contributed by atoms with Gasteiger partial charge >= 0.3 is 5.97 Å². The summed E-state index contributed by atoms with van der Waals surface area (Å²) in [5.74, 6) is -1.13. The Morgan fingerprint density at radius 2 is 1.56 bits per heavy atom. The maximum atomic E-state index is 10.6. The van der Waals surface area contributed by atoms with E-state index in [1.165, 1.54) is 0 Å². The van der Waals surface area contributed by atoms with Gasteiger partial charge in [0.2, 0.25) is 0 Å². The third kappa shape index (κ3) is 9.42. The van der Waals surface area contributed by atoms with Crippen molar-refractivity contribution in [3.05, 3.63) is 0 Å². The Labute approximate surface area is 110 Å². The Bertz CT molecular complexity index is 253. The molecule has 2 atom stereocenters. The van der Waals surface area contributed by atoms with E-state index < -0.39 is 17.2 Å². The van der Waals surface area contributed by atoms with E-state index in [1.807, 2.05) is 0 Å². The van der Waals surface area contributed by atoms with Crippen LogP contribution in [0, 0.1) is 5.92 Å². The largest absolute Gasteiger partial charge is 0.481 e. The van der Waals surface area contributed by atoms with E-state index in [9.17, 15) is 15.0 Å². The van der Waals surface area contributed by atoms with E-state index in [0.717, 1.165) is 6.42 Å². The number of rotatable bonds is 9. The van der Waals surface area contributed by atoms with Gasteiger partial charge in [0.1, 0.15) is 0 Å². The van der Waals surface area contributed by atoms with Gasteiger partial charge in [-0.1, -0.05) is 6.92 Å². The maximum Gasteiger partial charge on any atom is 0.306 e. The van der Waals surface area contributed by atoms with Crippen molar-refractivity contribution in [2.45, 2.75) is 77.4 Å². The second-order valence-corrected chi connectivity index (χ2v) is 6.29. The van der Waals surface area contributed by atoms with E-state index in [4.69, 9.17) is 5.11 Å². The smallest absolute Gasteiger partial charge is 0.306 e. The summed E-state index contributed by atoms with van der Waals surface area (Å²) in [5, 5.41) is 28.5. The molecule has 2 unspecified atom stereocenters. The molecule has 0 heterocycles. The molecule has 0 aromatic heterocycles. The van der Waals surface area contributed by atoms with E-state index >= 15 is 0 Å². The van der Waals surface area contributed by atoms with Crippen LogP contribution in [0.3, 0.4) is 0 Å². The Balaban J connectivity index is 3.83. The maximum absolute atomic E-state index is 10.6. The molecule has 0 aliphatic rings. The summed E-state index contributed by atoms with van der Waals surface area (Å²) in [5.41, 5.74) is -1.45. The summed E-state index contributed by atoms with van der Waals surface area (Å²) in [6, 6.07) is 0. The number of aliphatic carboxylic acids is 1. The van der Waals surface area contributed by atoms with Crippen LogP contribution in [0.2, 0.25) is 0 Å². The molecular formula is C14H28O4. The highest BCUT2D eigenvalue weighted by Gasteiger charge is 2.22. The van der Waals surface area contributed by atoms with E-state index in [-0.39, 0.29) is 5.92 Å². The second-order valence-electron chi connectivity index (χ2n) is 6.29. The fraction of sp³-hybridized carbons (Fsp3) is 0.929. The highest BCUT2D eigenvalue weighted by atomic mass is 16.4. The van der Waals surface area contributed by atoms with Crippen LogP contribution >= 0.6 is 0 Å². The summed E-state index contributed by atoms with van der Waals surface area (Å²) in [6.07, 6.45) is 3.98. The van der Waals surface area contributed by atoms with Gasteiger partial charge < -0.3 is 15.3 Å². The van der Waals surface area contributed by atoms with Crippen molar-refractivity contribution in [1.82, 2.24) is 0 Å². The van der Waals surface area contributed by atoms with Crippen molar-refractivity contribution in [1.29, 1.82) is 0 Å². The molecule has 0 amide bonds. The number of aliphatic hydroxyl groups is 2. The van der Waals surface area contributed by atoms with Crippen LogP contribution in [-0.2, 0) is 4.79 Å². The van der Waals surface area contributed by atoms with Crippen molar-refractivity contribution in [2.24, 2.45) is 5.92 Å². The number of carboxylic acids is 1. The summed E-state index contributed by atoms with van der Waals surface area (Å²) < 4.78 is 0. The Morgan fingerprint density at radius 1 is 1.06 bits per heavy atom. The van der Waals surface area contributed by atoms with Gasteiger partial charge in [0, 0.05) is 0 Å². The summed E-state index contributed by atoms with van der Waals surface area (Å²) in [6.45, 7) is 6.99. The zero-order valence-corrected chi connectivity index (χ0v) is 12.1. The third-order valence-corrected chi connectivity index (χ3v) is 3.28. The van der Waals surface area contributed by atoms with Gasteiger partial charge in [-0.3, -0.25) is 4.79 Å². The van der Waals surface area contributed by atoms with Crippen molar-refractivity contribution in [2.75, 3.05) is 0 Å². The highest BCUT2D eigenvalue weighted by molar-refractivity contribution is 5.69. The van der Waals surface area contributed by atoms with Crippen LogP contribution in [0.15, 0.2) is 0 Å². The van der Waals surface area contributed by atoms with E-state index in [2.05, 4.69) is 0 Å². The van der Waals surface area contributed by atoms with Crippen LogP contribution < -0.4 is 0 Å². The molecule has 18 heavy (non-hydrogen) atoms. The molecule has 0 spiro atoms. The lowest BCUT2D eigenvalue weighted by Gasteiger charge is -2.25. The van der Waals surface area contributed by atoms with Crippen LogP contribution in [0.5, 0.6) is 0 Å². The normalized spacial score (nSPS) is 17.2. The van der Waals surface area contributed by atoms with E-state index in [0.29, 0.717) is 32.1 Å². The monoisotopic (exact) mass is 260 g/mol. The average Bonchev–Trinajstić information content (AvgIpc) is 2.14. The van der Waals surface area contributed by atoms with Gasteiger partial charge in [0.15, 0.2) is 0 Å². The second kappa shape index (κ2) is 7.10. The first-order valence-electron chi connectivity index (χ1n) is 6.71. The molecule has 0 aliphatic carbocycles. The zero-order chi connectivity index (χ0) is 14.4. The lowest BCUT2D eigenvalue weighted by molar-refractivity contribution is -0.141. The van der Waals surface area contributed by atoms with Gasteiger partial charge in [-0.25, -0.2) is 0 Å². The molecule has 4 nitrogen and oxygen atoms in total. The molecule has 0 saturated heterocycles. The van der Waals surface area contributed by atoms with Crippen molar-refractivity contribution >= 4 is 5.97 Å². The standard InChI is InChI=1S/C14H28O4/c1-11(12(15)16)7-5-9-14(4,18)10-6-8-13(2,3)17/h11,17-18H,5-10H2,1-4H3,(H,15,16). The van der Waals surface area contributed by atoms with Crippen LogP contribution in [0.4, 0.5) is 0 Å². The van der Waals surface area contributed by atoms with Crippen LogP contribution in [-0.4, -0.2) is 32.5 Å². The number of hydrogen-bond donors (Lipinski definition) is 3. The fourth-order valence-electron chi connectivity index (χ4n) is 1.94. The summed E-state index contributed by atoms with van der Waals surface area (Å²) in [7, 11) is 0. The Hall–Kier alpha value is -0.610. The molecule has 0 aromatic carbocycles. The zero-order valence-electron chi connectivity index (χ0n) is 12.1. The average molecular weight is 260 g/mol. The Kier molecular flexibility index (Phi) is 6.86. The predicted octanol–water partition coefficient (Wildman–Crippen LogP) is 2.57. The van der Waals surface area contributed by atoms with Gasteiger partial charge in [-0.05, 0) is 59.3 Å². The van der Waals surface area contributed by atoms with Gasteiger partial charge in [0.25, 0.3) is 0 Å². The molecule has 0 saturated carbocycles. The predicted molar refractivity (Wildman–Crippen MR) is 71.4 cm³/mol. The molecular weight excluding hydrogens is 232 g/mol. The van der Waals surface area contributed by atoms with Crippen molar-refractivity contribution < 1.29 is 20.1 Å². The minimum atomic E-state index is -0.781. The van der Waals surface area contributed by atoms with Gasteiger partial charge in [-0.2, -0.15) is 0 Å². The molecule has 4 heteroatoms. The van der Waals surface area contributed by atoms with Gasteiger partial charge in [-0.15, -0.1) is 0 Å². The van der Waals surface area contributed by atoms with Crippen LogP contribution in [0.1, 0.15) is 66.2 Å². The number of hydrogen-bond acceptors (Lipinski definition) is 3. The fourth-order valence-corrected chi connectivity index (χ4v) is 1.94. The molecule has 0 rings (SSSR count). The number of carboxylic acid groups (broad SMARTS) is 1. The topological polar surface area (TPSA) is 77.8 Å². The minimum Gasteiger partial charge on any atom is -0.481 e. The molecule has 0 radical (unpaired) electrons. The molecule has 3 N–H and O–H groups in total. The molecule has 0 aromatic rings. The molecule has 0 aliphatic heterocycles. The van der Waals surface area contributed by atoms with Crippen molar-refractivity contribution in [3.63, 3.8) is 0 Å². The highest BCUT2D eigenvalue weighted by Crippen LogP contribution is 2.24. The molecule has 108 valence electrons. The molecule has 0 fully saturated rings. The Morgan fingerprint density at radius 3 is 2.00 bits per heavy atom. The summed E-state index contributed by atoms with van der Waals surface area (Å²) >= 11 is 0. The first-order chi connectivity index (χ1) is 8.03. The first-order valence-corrected chi connectivity index (χ1v) is 6.71. The third-order valence-electron chi connectivity index (χ3n) is 3.28. The lowest BCUT2D eigenvalue weighted by Crippen LogP contribution is -2.26. The first kappa shape index (κ1) is 17.4. The minimum absolute atomic E-state index is 0.350. The SMILES string of the molecule is CC(CCCC(C)(O)CCCC(C)(C)O)C(=O)O. The lowest BCUT2D eigenvalue weighted by atomic mass is 9.89. The van der Waals surface area contributed by atoms with Crippen molar-refractivity contribution in [3.8, 4) is 0 Å².